The van der Waals surface area contributed by atoms with Gasteiger partial charge >= 0.3 is 0 Å². The predicted octanol–water partition coefficient (Wildman–Crippen LogP) is 5.16. The van der Waals surface area contributed by atoms with Crippen LogP contribution in [0.4, 0.5) is 15.8 Å². The minimum absolute atomic E-state index is 0.188. The molecule has 0 fully saturated rings. The lowest BCUT2D eigenvalue weighted by Gasteiger charge is -2.20. The maximum Gasteiger partial charge on any atom is 0.292 e. The van der Waals surface area contributed by atoms with Crippen molar-refractivity contribution in [2.75, 3.05) is 0 Å². The van der Waals surface area contributed by atoms with Gasteiger partial charge in [-0.2, -0.15) is 0 Å². The number of furan rings is 1. The maximum atomic E-state index is 13.5. The number of aliphatic imine (C=N–C) groups is 2. The number of halogens is 1. The SMILES string of the molecule is CCC1=Nc2ccccc2N=C(NC(=O)c2ccco2)[C@H]1c1ccc(F)cc1. The first kappa shape index (κ1) is 17.9. The van der Waals surface area contributed by atoms with E-state index >= 15 is 0 Å². The first-order valence-electron chi connectivity index (χ1n) is 9.01. The Hall–Kier alpha value is -3.54. The monoisotopic (exact) mass is 375 g/mol. The molecule has 0 spiro atoms. The third-order valence-electron chi connectivity index (χ3n) is 4.55. The molecule has 5 nitrogen and oxygen atoms in total. The summed E-state index contributed by atoms with van der Waals surface area (Å²) < 4.78 is 18.7. The van der Waals surface area contributed by atoms with Crippen LogP contribution in [0.15, 0.2) is 81.3 Å². The number of para-hydroxylation sites is 2. The normalized spacial score (nSPS) is 15.9. The van der Waals surface area contributed by atoms with Gasteiger partial charge in [0.2, 0.25) is 0 Å². The first-order chi connectivity index (χ1) is 13.7. The van der Waals surface area contributed by atoms with E-state index in [1.165, 1.54) is 18.4 Å². The molecule has 140 valence electrons. The van der Waals surface area contributed by atoms with Crippen LogP contribution in [0.25, 0.3) is 0 Å². The Labute approximate surface area is 161 Å². The summed E-state index contributed by atoms with van der Waals surface area (Å²) in [5.74, 6) is -0.511. The molecule has 3 aromatic rings. The lowest BCUT2D eigenvalue weighted by atomic mass is 9.91. The van der Waals surface area contributed by atoms with Crippen LogP contribution in [0.3, 0.4) is 0 Å². The molecule has 6 heteroatoms. The molecule has 1 N–H and O–H groups in total. The van der Waals surface area contributed by atoms with Crippen molar-refractivity contribution in [3.8, 4) is 0 Å². The average Bonchev–Trinajstić information content (AvgIpc) is 3.20. The number of amidine groups is 1. The van der Waals surface area contributed by atoms with Gasteiger partial charge in [-0.1, -0.05) is 31.2 Å². The number of hydrogen-bond donors (Lipinski definition) is 1. The van der Waals surface area contributed by atoms with E-state index in [4.69, 9.17) is 14.4 Å². The van der Waals surface area contributed by atoms with E-state index < -0.39 is 11.8 Å². The number of carbonyl (C=O) groups excluding carboxylic acids is 1. The fourth-order valence-corrected chi connectivity index (χ4v) is 3.20. The maximum absolute atomic E-state index is 13.5. The lowest BCUT2D eigenvalue weighted by molar-refractivity contribution is 0.0949. The van der Waals surface area contributed by atoms with Gasteiger partial charge in [0, 0.05) is 5.71 Å². The molecule has 1 amide bonds. The second-order valence-corrected chi connectivity index (χ2v) is 6.36. The fraction of sp³-hybridized carbons (Fsp3) is 0.136. The highest BCUT2D eigenvalue weighted by atomic mass is 19.1. The highest BCUT2D eigenvalue weighted by Gasteiger charge is 2.28. The fourth-order valence-electron chi connectivity index (χ4n) is 3.20. The zero-order chi connectivity index (χ0) is 19.5. The summed E-state index contributed by atoms with van der Waals surface area (Å²) in [6, 6.07) is 16.9. The molecule has 4 rings (SSSR count). The predicted molar refractivity (Wildman–Crippen MR) is 106 cm³/mol. The first-order valence-corrected chi connectivity index (χ1v) is 9.01. The van der Waals surface area contributed by atoms with Gasteiger partial charge in [0.1, 0.15) is 11.7 Å². The highest BCUT2D eigenvalue weighted by Crippen LogP contribution is 2.35. The number of nitrogens with zero attached hydrogens (tertiary/aromatic N) is 2. The molecule has 28 heavy (non-hydrogen) atoms. The molecule has 1 aliphatic heterocycles. The molecule has 0 radical (unpaired) electrons. The number of rotatable bonds is 3. The van der Waals surface area contributed by atoms with Gasteiger partial charge in [-0.15, -0.1) is 0 Å². The van der Waals surface area contributed by atoms with Crippen LogP contribution in [0.5, 0.6) is 0 Å². The molecular formula is C22H18FN3O2. The largest absolute Gasteiger partial charge is 0.459 e. The van der Waals surface area contributed by atoms with Crippen LogP contribution in [0.2, 0.25) is 0 Å². The molecule has 1 aliphatic rings. The second-order valence-electron chi connectivity index (χ2n) is 6.36. The van der Waals surface area contributed by atoms with Crippen molar-refractivity contribution in [2.24, 2.45) is 9.98 Å². The summed E-state index contributed by atoms with van der Waals surface area (Å²) in [5, 5.41) is 2.87. The Balaban J connectivity index is 1.83. The number of fused-ring (bicyclic) bond motifs is 1. The topological polar surface area (TPSA) is 67.0 Å². The van der Waals surface area contributed by atoms with E-state index in [-0.39, 0.29) is 11.6 Å². The quantitative estimate of drug-likeness (QED) is 0.687. The number of benzene rings is 2. The van der Waals surface area contributed by atoms with Gasteiger partial charge in [0.15, 0.2) is 5.76 Å². The smallest absolute Gasteiger partial charge is 0.292 e. The summed E-state index contributed by atoms with van der Waals surface area (Å²) in [6.45, 7) is 2.00. The lowest BCUT2D eigenvalue weighted by Crippen LogP contribution is -2.37. The van der Waals surface area contributed by atoms with E-state index in [9.17, 15) is 9.18 Å². The minimum Gasteiger partial charge on any atom is -0.459 e. The molecule has 0 aliphatic carbocycles. The number of hydrogen-bond acceptors (Lipinski definition) is 4. The molecule has 0 bridgehead atoms. The van der Waals surface area contributed by atoms with Gasteiger partial charge in [0.25, 0.3) is 5.91 Å². The number of amides is 1. The molecule has 1 atom stereocenters. The van der Waals surface area contributed by atoms with Gasteiger partial charge in [0.05, 0.1) is 23.6 Å². The third kappa shape index (κ3) is 3.49. The van der Waals surface area contributed by atoms with E-state index in [1.54, 1.807) is 24.3 Å². The minimum atomic E-state index is -0.406. The van der Waals surface area contributed by atoms with Crippen molar-refractivity contribution in [2.45, 2.75) is 19.3 Å². The molecular weight excluding hydrogens is 357 g/mol. The zero-order valence-electron chi connectivity index (χ0n) is 15.2. The van der Waals surface area contributed by atoms with E-state index in [2.05, 4.69) is 5.32 Å². The summed E-state index contributed by atoms with van der Waals surface area (Å²) in [6.07, 6.45) is 2.08. The van der Waals surface area contributed by atoms with Crippen molar-refractivity contribution in [3.05, 3.63) is 84.1 Å². The zero-order valence-corrected chi connectivity index (χ0v) is 15.2. The summed E-state index contributed by atoms with van der Waals surface area (Å²) in [5.41, 5.74) is 3.02. The Morgan fingerprint density at radius 3 is 2.39 bits per heavy atom. The highest BCUT2D eigenvalue weighted by molar-refractivity contribution is 6.19. The van der Waals surface area contributed by atoms with Crippen molar-refractivity contribution in [3.63, 3.8) is 0 Å². The van der Waals surface area contributed by atoms with Crippen molar-refractivity contribution in [1.29, 1.82) is 0 Å². The Bertz CT molecular complexity index is 1050. The molecule has 2 aromatic carbocycles. The molecule has 0 saturated heterocycles. The van der Waals surface area contributed by atoms with Crippen LogP contribution < -0.4 is 5.32 Å². The van der Waals surface area contributed by atoms with Crippen LogP contribution in [-0.2, 0) is 0 Å². The standard InChI is InChI=1S/C22H18FN3O2/c1-2-16-20(14-9-11-15(23)12-10-14)21(26-22(27)19-8-5-13-28-19)25-18-7-4-3-6-17(18)24-16/h3-13,20H,2H2,1H3,(H,25,26,27)/t20-/m0/s1. The van der Waals surface area contributed by atoms with Crippen molar-refractivity contribution in [1.82, 2.24) is 5.32 Å². The summed E-state index contributed by atoms with van der Waals surface area (Å²) in [4.78, 5) is 22.1. The average molecular weight is 375 g/mol. The number of carbonyl (C=O) groups is 1. The van der Waals surface area contributed by atoms with Crippen molar-refractivity contribution >= 4 is 28.8 Å². The van der Waals surface area contributed by atoms with E-state index in [1.807, 2.05) is 31.2 Å². The van der Waals surface area contributed by atoms with Gasteiger partial charge in [-0.25, -0.2) is 9.38 Å². The summed E-state index contributed by atoms with van der Waals surface area (Å²) >= 11 is 0. The number of nitrogens with one attached hydrogen (secondary N) is 1. The van der Waals surface area contributed by atoms with E-state index in [0.29, 0.717) is 17.9 Å². The van der Waals surface area contributed by atoms with Crippen LogP contribution in [0.1, 0.15) is 35.4 Å². The Morgan fingerprint density at radius 1 is 1.04 bits per heavy atom. The van der Waals surface area contributed by atoms with Crippen LogP contribution in [-0.4, -0.2) is 17.5 Å². The second kappa shape index (κ2) is 7.60. The van der Waals surface area contributed by atoms with Crippen LogP contribution >= 0.6 is 0 Å². The molecule has 0 saturated carbocycles. The van der Waals surface area contributed by atoms with Crippen LogP contribution in [0, 0.1) is 5.82 Å². The molecule has 1 aromatic heterocycles. The third-order valence-corrected chi connectivity index (χ3v) is 4.55. The Morgan fingerprint density at radius 2 is 1.75 bits per heavy atom. The van der Waals surface area contributed by atoms with Crippen molar-refractivity contribution < 1.29 is 13.6 Å². The molecule has 2 heterocycles. The summed E-state index contributed by atoms with van der Waals surface area (Å²) in [7, 11) is 0. The molecule has 0 unspecified atom stereocenters. The van der Waals surface area contributed by atoms with Gasteiger partial charge in [-0.05, 0) is 48.4 Å². The van der Waals surface area contributed by atoms with Gasteiger partial charge < -0.3 is 9.73 Å². The Kier molecular flexibility index (Phi) is 4.85. The van der Waals surface area contributed by atoms with Gasteiger partial charge in [-0.3, -0.25) is 9.79 Å². The van der Waals surface area contributed by atoms with E-state index in [0.717, 1.165) is 17.0 Å².